The minimum atomic E-state index is -4.37. The first-order valence-electron chi connectivity index (χ1n) is 9.53. The molecule has 9 heteroatoms. The van der Waals surface area contributed by atoms with E-state index >= 15 is 0 Å². The smallest absolute Gasteiger partial charge is 0.370 e. The van der Waals surface area contributed by atoms with Gasteiger partial charge in [0.2, 0.25) is 0 Å². The van der Waals surface area contributed by atoms with Gasteiger partial charge in [-0.05, 0) is 38.5 Å². The Morgan fingerprint density at radius 3 is 2.83 bits per heavy atom. The molecule has 1 aromatic carbocycles. The predicted octanol–water partition coefficient (Wildman–Crippen LogP) is 4.32. The van der Waals surface area contributed by atoms with E-state index in [1.165, 1.54) is 17.0 Å². The Kier molecular flexibility index (Phi) is 6.79. The van der Waals surface area contributed by atoms with E-state index < -0.39 is 17.8 Å². The summed E-state index contributed by atoms with van der Waals surface area (Å²) in [6.07, 6.45) is -4.82. The minimum Gasteiger partial charge on any atom is -0.370 e. The summed E-state index contributed by atoms with van der Waals surface area (Å²) in [4.78, 5) is 12.4. The monoisotopic (exact) mass is 426 g/mol. The number of hydrogen-bond acceptors (Lipinski definition) is 4. The standard InChI is InChI=1S/C20H25F3N4OS/c1-4-24-19(25-11-18-26-13(2)14(3)29-18)27-8-9-28-17(12-27)15-6-5-7-16(10-15)20(21,22)23/h5-7,10,17H,4,8-9,11-12H2,1-3H3,(H,24,25). The van der Waals surface area contributed by atoms with E-state index in [4.69, 9.17) is 9.73 Å². The third-order valence-electron chi connectivity index (χ3n) is 4.72. The molecule has 0 bridgehead atoms. The molecule has 0 radical (unpaired) electrons. The quantitative estimate of drug-likeness (QED) is 0.585. The van der Waals surface area contributed by atoms with Crippen molar-refractivity contribution in [1.82, 2.24) is 15.2 Å². The molecule has 1 unspecified atom stereocenters. The van der Waals surface area contributed by atoms with Crippen LogP contribution in [0.25, 0.3) is 0 Å². The zero-order valence-electron chi connectivity index (χ0n) is 16.7. The van der Waals surface area contributed by atoms with E-state index in [0.717, 1.165) is 22.7 Å². The molecule has 1 aromatic heterocycles. The van der Waals surface area contributed by atoms with Gasteiger partial charge in [-0.3, -0.25) is 0 Å². The summed E-state index contributed by atoms with van der Waals surface area (Å²) in [7, 11) is 0. The summed E-state index contributed by atoms with van der Waals surface area (Å²) >= 11 is 1.63. The molecule has 0 amide bonds. The highest BCUT2D eigenvalue weighted by molar-refractivity contribution is 7.11. The number of aryl methyl sites for hydroxylation is 2. The van der Waals surface area contributed by atoms with Crippen molar-refractivity contribution in [2.45, 2.75) is 39.6 Å². The number of alkyl halides is 3. The number of hydrogen-bond donors (Lipinski definition) is 1. The highest BCUT2D eigenvalue weighted by Crippen LogP contribution is 2.32. The molecule has 0 spiro atoms. The molecule has 158 valence electrons. The van der Waals surface area contributed by atoms with Gasteiger partial charge in [0.15, 0.2) is 5.96 Å². The molecule has 3 rings (SSSR count). The van der Waals surface area contributed by atoms with Crippen LogP contribution in [0.15, 0.2) is 29.3 Å². The van der Waals surface area contributed by atoms with Crippen LogP contribution in [-0.2, 0) is 17.5 Å². The summed E-state index contributed by atoms with van der Waals surface area (Å²) in [6.45, 7) is 8.63. The first-order valence-corrected chi connectivity index (χ1v) is 10.3. The molecule has 2 heterocycles. The number of guanidine groups is 1. The molecule has 1 fully saturated rings. The average Bonchev–Trinajstić information content (AvgIpc) is 3.02. The summed E-state index contributed by atoms with van der Waals surface area (Å²) in [5, 5.41) is 4.21. The molecule has 2 aromatic rings. The van der Waals surface area contributed by atoms with E-state index in [0.29, 0.717) is 38.3 Å². The Morgan fingerprint density at radius 2 is 2.17 bits per heavy atom. The maximum atomic E-state index is 13.0. The van der Waals surface area contributed by atoms with Crippen LogP contribution in [0.5, 0.6) is 0 Å². The van der Waals surface area contributed by atoms with Crippen LogP contribution in [0, 0.1) is 13.8 Å². The van der Waals surface area contributed by atoms with Crippen molar-refractivity contribution in [2.75, 3.05) is 26.2 Å². The summed E-state index contributed by atoms with van der Waals surface area (Å²) in [6, 6.07) is 5.34. The maximum Gasteiger partial charge on any atom is 0.416 e. The summed E-state index contributed by atoms with van der Waals surface area (Å²) in [5.41, 5.74) is 0.874. The molecule has 0 saturated carbocycles. The Hall–Kier alpha value is -2.13. The molecular formula is C20H25F3N4OS. The topological polar surface area (TPSA) is 49.8 Å². The zero-order chi connectivity index (χ0) is 21.0. The Labute approximate surface area is 172 Å². The van der Waals surface area contributed by atoms with Gasteiger partial charge in [-0.25, -0.2) is 9.98 Å². The van der Waals surface area contributed by atoms with Gasteiger partial charge in [0.25, 0.3) is 0 Å². The van der Waals surface area contributed by atoms with Crippen LogP contribution < -0.4 is 5.32 Å². The van der Waals surface area contributed by atoms with Crippen LogP contribution in [-0.4, -0.2) is 42.1 Å². The van der Waals surface area contributed by atoms with Gasteiger partial charge in [0, 0.05) is 18.0 Å². The highest BCUT2D eigenvalue weighted by atomic mass is 32.1. The molecule has 0 aliphatic carbocycles. The Bertz CT molecular complexity index is 846. The van der Waals surface area contributed by atoms with E-state index in [9.17, 15) is 13.2 Å². The number of aliphatic imine (C=N–C) groups is 1. The Morgan fingerprint density at radius 1 is 1.38 bits per heavy atom. The average molecular weight is 427 g/mol. The van der Waals surface area contributed by atoms with Crippen molar-refractivity contribution in [3.63, 3.8) is 0 Å². The van der Waals surface area contributed by atoms with Gasteiger partial charge in [0.1, 0.15) is 11.1 Å². The zero-order valence-corrected chi connectivity index (χ0v) is 17.5. The normalized spacial score (nSPS) is 18.2. The number of nitrogens with one attached hydrogen (secondary N) is 1. The Balaban J connectivity index is 1.75. The van der Waals surface area contributed by atoms with Gasteiger partial charge in [0.05, 0.1) is 31.0 Å². The number of morpholine rings is 1. The fourth-order valence-electron chi connectivity index (χ4n) is 3.13. The van der Waals surface area contributed by atoms with Gasteiger partial charge in [-0.1, -0.05) is 12.1 Å². The molecule has 1 aliphatic heterocycles. The van der Waals surface area contributed by atoms with E-state index in [1.807, 2.05) is 25.7 Å². The summed E-state index contributed by atoms with van der Waals surface area (Å²) in [5.74, 6) is 0.721. The number of halogens is 3. The first-order chi connectivity index (χ1) is 13.8. The van der Waals surface area contributed by atoms with Crippen molar-refractivity contribution in [3.05, 3.63) is 51.0 Å². The number of benzene rings is 1. The van der Waals surface area contributed by atoms with Crippen molar-refractivity contribution in [3.8, 4) is 0 Å². The van der Waals surface area contributed by atoms with E-state index in [2.05, 4.69) is 10.3 Å². The van der Waals surface area contributed by atoms with Crippen molar-refractivity contribution < 1.29 is 17.9 Å². The van der Waals surface area contributed by atoms with Crippen LogP contribution in [0.1, 0.15) is 39.7 Å². The molecular weight excluding hydrogens is 401 g/mol. The number of rotatable bonds is 4. The van der Waals surface area contributed by atoms with Crippen LogP contribution >= 0.6 is 11.3 Å². The molecule has 29 heavy (non-hydrogen) atoms. The fraction of sp³-hybridized carbons (Fsp3) is 0.500. The van der Waals surface area contributed by atoms with Crippen LogP contribution in [0.2, 0.25) is 0 Å². The van der Waals surface area contributed by atoms with E-state index in [-0.39, 0.29) is 0 Å². The molecule has 5 nitrogen and oxygen atoms in total. The fourth-order valence-corrected chi connectivity index (χ4v) is 3.99. The largest absolute Gasteiger partial charge is 0.416 e. The third-order valence-corrected chi connectivity index (χ3v) is 5.78. The second-order valence-electron chi connectivity index (χ2n) is 6.85. The molecule has 1 aliphatic rings. The number of aromatic nitrogens is 1. The lowest BCUT2D eigenvalue weighted by molar-refractivity contribution is -0.137. The number of nitrogens with zero attached hydrogens (tertiary/aromatic N) is 3. The van der Waals surface area contributed by atoms with Gasteiger partial charge >= 0.3 is 6.18 Å². The van der Waals surface area contributed by atoms with Crippen molar-refractivity contribution in [2.24, 2.45) is 4.99 Å². The number of ether oxygens (including phenoxy) is 1. The van der Waals surface area contributed by atoms with Gasteiger partial charge in [-0.2, -0.15) is 13.2 Å². The molecule has 1 saturated heterocycles. The second-order valence-corrected chi connectivity index (χ2v) is 8.14. The first kappa shape index (κ1) is 21.6. The lowest BCUT2D eigenvalue weighted by Gasteiger charge is -2.35. The molecule has 1 N–H and O–H groups in total. The van der Waals surface area contributed by atoms with Gasteiger partial charge < -0.3 is 15.0 Å². The van der Waals surface area contributed by atoms with Crippen LogP contribution in [0.4, 0.5) is 13.2 Å². The third kappa shape index (κ3) is 5.48. The van der Waals surface area contributed by atoms with Crippen molar-refractivity contribution in [1.29, 1.82) is 0 Å². The predicted molar refractivity (Wildman–Crippen MR) is 108 cm³/mol. The maximum absolute atomic E-state index is 13.0. The highest BCUT2D eigenvalue weighted by Gasteiger charge is 2.32. The van der Waals surface area contributed by atoms with Crippen LogP contribution in [0.3, 0.4) is 0 Å². The van der Waals surface area contributed by atoms with E-state index in [1.54, 1.807) is 17.4 Å². The lowest BCUT2D eigenvalue weighted by atomic mass is 10.0. The van der Waals surface area contributed by atoms with Gasteiger partial charge in [-0.15, -0.1) is 11.3 Å². The summed E-state index contributed by atoms with van der Waals surface area (Å²) < 4.78 is 44.9. The second kappa shape index (κ2) is 9.13. The SMILES string of the molecule is CCNC(=NCc1nc(C)c(C)s1)N1CCOC(c2cccc(C(F)(F)F)c2)C1. The number of thiazole rings is 1. The molecule has 1 atom stereocenters. The lowest BCUT2D eigenvalue weighted by Crippen LogP contribution is -2.48. The van der Waals surface area contributed by atoms with Crippen molar-refractivity contribution >= 4 is 17.3 Å². The minimum absolute atomic E-state index is 0.417.